The molecule has 1 fully saturated rings. The second kappa shape index (κ2) is 8.67. The SMILES string of the molecule is Cc1ccccc1CN1CCN(C(=O)c2cn(C)cc3c(=O)n(-c4ccccc4)nc2-3)CC1. The van der Waals surface area contributed by atoms with Crippen LogP contribution in [0, 0.1) is 6.92 Å². The molecule has 0 bridgehead atoms. The highest BCUT2D eigenvalue weighted by atomic mass is 16.2. The minimum Gasteiger partial charge on any atom is -0.356 e. The number of rotatable bonds is 4. The minimum atomic E-state index is -0.218. The summed E-state index contributed by atoms with van der Waals surface area (Å²) >= 11 is 0. The zero-order valence-electron chi connectivity index (χ0n) is 18.9. The van der Waals surface area contributed by atoms with Crippen LogP contribution < -0.4 is 5.56 Å². The van der Waals surface area contributed by atoms with E-state index in [9.17, 15) is 9.59 Å². The Morgan fingerprint density at radius 3 is 2.36 bits per heavy atom. The second-order valence-corrected chi connectivity index (χ2v) is 8.65. The van der Waals surface area contributed by atoms with Crippen molar-refractivity contribution < 1.29 is 4.79 Å². The summed E-state index contributed by atoms with van der Waals surface area (Å²) in [6.45, 7) is 5.94. The van der Waals surface area contributed by atoms with Gasteiger partial charge < -0.3 is 9.47 Å². The second-order valence-electron chi connectivity index (χ2n) is 8.65. The lowest BCUT2D eigenvalue weighted by molar-refractivity contribution is 0.0628. The zero-order chi connectivity index (χ0) is 22.9. The fourth-order valence-corrected chi connectivity index (χ4v) is 4.44. The molecule has 0 atom stereocenters. The molecule has 2 aromatic carbocycles. The number of benzene rings is 2. The maximum absolute atomic E-state index is 13.5. The topological polar surface area (TPSA) is 63.4 Å². The van der Waals surface area contributed by atoms with Crippen LogP contribution in [0.2, 0.25) is 0 Å². The third-order valence-corrected chi connectivity index (χ3v) is 6.34. The standard InChI is InChI=1S/C26H27N5O2/c1-19-8-6-7-9-20(19)16-29-12-14-30(15-13-29)25(32)22-17-28(2)18-23-24(22)27-31(26(23)33)21-10-4-3-5-11-21/h3-11,17-18H,12-16H2,1-2H3. The fourth-order valence-electron chi connectivity index (χ4n) is 4.44. The van der Waals surface area contributed by atoms with Crippen molar-refractivity contribution in [2.24, 2.45) is 7.05 Å². The van der Waals surface area contributed by atoms with Gasteiger partial charge in [0.2, 0.25) is 0 Å². The molecule has 0 N–H and O–H groups in total. The van der Waals surface area contributed by atoms with Crippen LogP contribution in [-0.4, -0.2) is 56.2 Å². The van der Waals surface area contributed by atoms with Crippen LogP contribution in [0.15, 0.2) is 71.8 Å². The van der Waals surface area contributed by atoms with Gasteiger partial charge in [-0.1, -0.05) is 42.5 Å². The highest BCUT2D eigenvalue weighted by Crippen LogP contribution is 2.24. The van der Waals surface area contributed by atoms with E-state index in [-0.39, 0.29) is 11.5 Å². The fraction of sp³-hybridized carbons (Fsp3) is 0.269. The summed E-state index contributed by atoms with van der Waals surface area (Å²) < 4.78 is 3.14. The van der Waals surface area contributed by atoms with Gasteiger partial charge in [-0.2, -0.15) is 9.78 Å². The molecule has 0 saturated carbocycles. The normalized spacial score (nSPS) is 14.7. The van der Waals surface area contributed by atoms with Crippen LogP contribution in [0.3, 0.4) is 0 Å². The van der Waals surface area contributed by atoms with E-state index in [0.717, 1.165) is 19.6 Å². The van der Waals surface area contributed by atoms with Gasteiger partial charge in [-0.15, -0.1) is 0 Å². The first-order valence-electron chi connectivity index (χ1n) is 11.2. The molecule has 3 aliphatic heterocycles. The van der Waals surface area contributed by atoms with Gasteiger partial charge in [0.15, 0.2) is 0 Å². The number of aromatic nitrogens is 3. The zero-order valence-corrected chi connectivity index (χ0v) is 18.9. The van der Waals surface area contributed by atoms with E-state index < -0.39 is 0 Å². The van der Waals surface area contributed by atoms with Crippen LogP contribution in [-0.2, 0) is 13.6 Å². The molecular weight excluding hydrogens is 414 g/mol. The van der Waals surface area contributed by atoms with Crippen molar-refractivity contribution in [1.29, 1.82) is 0 Å². The molecule has 0 aromatic heterocycles. The molecule has 2 aromatic rings. The minimum absolute atomic E-state index is 0.0792. The van der Waals surface area contributed by atoms with Crippen LogP contribution in [0.5, 0.6) is 0 Å². The van der Waals surface area contributed by atoms with E-state index in [1.807, 2.05) is 42.3 Å². The Morgan fingerprint density at radius 1 is 0.939 bits per heavy atom. The van der Waals surface area contributed by atoms with Gasteiger partial charge in [0.1, 0.15) is 5.69 Å². The number of carbonyl (C=O) groups is 1. The number of nitrogens with zero attached hydrogens (tertiary/aromatic N) is 5. The Labute approximate surface area is 192 Å². The van der Waals surface area contributed by atoms with Crippen LogP contribution in [0.25, 0.3) is 16.9 Å². The van der Waals surface area contributed by atoms with Gasteiger partial charge in [-0.3, -0.25) is 14.5 Å². The van der Waals surface area contributed by atoms with E-state index in [1.54, 1.807) is 17.0 Å². The number of fused-ring (bicyclic) bond motifs is 1. The quantitative estimate of drug-likeness (QED) is 0.489. The lowest BCUT2D eigenvalue weighted by atomic mass is 10.1. The number of hydrogen-bond donors (Lipinski definition) is 0. The number of amides is 1. The van der Waals surface area contributed by atoms with Crippen molar-refractivity contribution in [1.82, 2.24) is 24.1 Å². The third kappa shape index (κ3) is 4.07. The summed E-state index contributed by atoms with van der Waals surface area (Å²) in [5, 5.41) is 4.55. The number of aryl methyl sites for hydroxylation is 2. The smallest absolute Gasteiger partial charge is 0.282 e. The van der Waals surface area contributed by atoms with Gasteiger partial charge in [0, 0.05) is 52.2 Å². The van der Waals surface area contributed by atoms with Crippen molar-refractivity contribution in [3.63, 3.8) is 0 Å². The molecular formula is C26H27N5O2. The Morgan fingerprint density at radius 2 is 1.64 bits per heavy atom. The van der Waals surface area contributed by atoms with Crippen LogP contribution in [0.4, 0.5) is 0 Å². The Balaban J connectivity index is 1.38. The highest BCUT2D eigenvalue weighted by Gasteiger charge is 2.29. The van der Waals surface area contributed by atoms with Gasteiger partial charge in [0.05, 0.1) is 16.8 Å². The van der Waals surface area contributed by atoms with Crippen LogP contribution >= 0.6 is 0 Å². The first-order valence-corrected chi connectivity index (χ1v) is 11.2. The first-order chi connectivity index (χ1) is 16.0. The van der Waals surface area contributed by atoms with Crippen molar-refractivity contribution in [3.05, 3.63) is 94.0 Å². The third-order valence-electron chi connectivity index (χ3n) is 6.34. The Bertz CT molecular complexity index is 1320. The molecule has 0 aliphatic carbocycles. The number of hydrogen-bond acceptors (Lipinski definition) is 4. The van der Waals surface area contributed by atoms with Crippen molar-refractivity contribution >= 4 is 5.91 Å². The monoisotopic (exact) mass is 441 g/mol. The van der Waals surface area contributed by atoms with Crippen LogP contribution in [0.1, 0.15) is 21.5 Å². The molecule has 7 heteroatoms. The molecule has 168 valence electrons. The van der Waals surface area contributed by atoms with Crippen molar-refractivity contribution in [2.45, 2.75) is 13.5 Å². The molecule has 1 saturated heterocycles. The van der Waals surface area contributed by atoms with E-state index in [2.05, 4.69) is 41.2 Å². The Hall–Kier alpha value is -3.71. The van der Waals surface area contributed by atoms with E-state index in [0.29, 0.717) is 35.6 Å². The number of carbonyl (C=O) groups excluding carboxylic acids is 1. The summed E-state index contributed by atoms with van der Waals surface area (Å²) in [5.41, 5.74) is 4.45. The average molecular weight is 442 g/mol. The van der Waals surface area contributed by atoms with E-state index in [4.69, 9.17) is 0 Å². The highest BCUT2D eigenvalue weighted by molar-refractivity contribution is 6.00. The summed E-state index contributed by atoms with van der Waals surface area (Å²) in [7, 11) is 1.83. The summed E-state index contributed by atoms with van der Waals surface area (Å²) in [6, 6.07) is 17.7. The number of piperazine rings is 1. The summed E-state index contributed by atoms with van der Waals surface area (Å²) in [6.07, 6.45) is 3.51. The molecule has 0 unspecified atom stereocenters. The van der Waals surface area contributed by atoms with Gasteiger partial charge in [0.25, 0.3) is 11.5 Å². The predicted octanol–water partition coefficient (Wildman–Crippen LogP) is 2.94. The lowest BCUT2D eigenvalue weighted by Crippen LogP contribution is -2.48. The molecule has 1 amide bonds. The molecule has 0 spiro atoms. The molecule has 0 radical (unpaired) electrons. The molecule has 3 aliphatic rings. The largest absolute Gasteiger partial charge is 0.356 e. The van der Waals surface area contributed by atoms with Crippen molar-refractivity contribution in [2.75, 3.05) is 26.2 Å². The summed E-state index contributed by atoms with van der Waals surface area (Å²) in [5.74, 6) is -0.0792. The number of pyridine rings is 1. The molecule has 7 nitrogen and oxygen atoms in total. The summed E-state index contributed by atoms with van der Waals surface area (Å²) in [4.78, 5) is 30.8. The first kappa shape index (κ1) is 21.2. The van der Waals surface area contributed by atoms with Gasteiger partial charge in [-0.05, 0) is 30.2 Å². The Kier molecular flexibility index (Phi) is 5.56. The van der Waals surface area contributed by atoms with E-state index >= 15 is 0 Å². The lowest BCUT2D eigenvalue weighted by Gasteiger charge is -2.35. The predicted molar refractivity (Wildman–Crippen MR) is 128 cm³/mol. The number of para-hydroxylation sites is 1. The molecule has 3 heterocycles. The average Bonchev–Trinajstić information content (AvgIpc) is 3.17. The molecule has 33 heavy (non-hydrogen) atoms. The maximum Gasteiger partial charge on any atom is 0.282 e. The maximum atomic E-state index is 13.5. The van der Waals surface area contributed by atoms with Crippen molar-refractivity contribution in [3.8, 4) is 16.9 Å². The van der Waals surface area contributed by atoms with Gasteiger partial charge in [-0.25, -0.2) is 0 Å². The van der Waals surface area contributed by atoms with Gasteiger partial charge >= 0.3 is 0 Å². The van der Waals surface area contributed by atoms with E-state index in [1.165, 1.54) is 15.8 Å². The molecule has 5 rings (SSSR count).